The largest absolute Gasteiger partial charge is 0.478 e. The molecule has 0 amide bonds. The maximum absolute atomic E-state index is 11.6. The number of benzene rings is 1. The second-order valence-corrected chi connectivity index (χ2v) is 8.05. The quantitative estimate of drug-likeness (QED) is 0.887. The van der Waals surface area contributed by atoms with Crippen LogP contribution in [0.3, 0.4) is 0 Å². The Hall–Kier alpha value is -0.920. The molecule has 0 bridgehead atoms. The second-order valence-electron chi connectivity index (χ2n) is 4.89. The number of rotatable bonds is 3. The first-order valence-corrected chi connectivity index (χ1v) is 8.93. The van der Waals surface area contributed by atoms with Crippen LogP contribution in [0.25, 0.3) is 0 Å². The van der Waals surface area contributed by atoms with Gasteiger partial charge < -0.3 is 5.11 Å². The highest BCUT2D eigenvalue weighted by Crippen LogP contribution is 2.21. The smallest absolute Gasteiger partial charge is 0.335 e. The van der Waals surface area contributed by atoms with Gasteiger partial charge in [0.15, 0.2) is 9.84 Å². The highest BCUT2D eigenvalue weighted by atomic mass is 79.9. The van der Waals surface area contributed by atoms with E-state index in [2.05, 4.69) is 20.8 Å². The summed E-state index contributed by atoms with van der Waals surface area (Å²) in [6, 6.07) is 4.91. The Bertz CT molecular complexity index is 615. The van der Waals surface area contributed by atoms with Crippen LogP contribution in [0, 0.1) is 0 Å². The Kier molecular flexibility index (Phi) is 4.82. The lowest BCUT2D eigenvalue weighted by atomic mass is 10.1. The molecule has 7 heteroatoms. The van der Waals surface area contributed by atoms with E-state index < -0.39 is 15.8 Å². The lowest BCUT2D eigenvalue weighted by Crippen LogP contribution is -2.26. The fourth-order valence-electron chi connectivity index (χ4n) is 2.20. The number of carboxylic acids is 1. The average Bonchev–Trinajstić information content (AvgIpc) is 2.53. The molecule has 1 heterocycles. The molecule has 0 aromatic heterocycles. The Morgan fingerprint density at radius 3 is 2.70 bits per heavy atom. The second kappa shape index (κ2) is 6.24. The van der Waals surface area contributed by atoms with Crippen LogP contribution >= 0.6 is 15.9 Å². The van der Waals surface area contributed by atoms with E-state index in [0.717, 1.165) is 16.6 Å². The average molecular weight is 362 g/mol. The van der Waals surface area contributed by atoms with Crippen molar-refractivity contribution in [2.75, 3.05) is 24.6 Å². The molecule has 1 saturated heterocycles. The highest BCUT2D eigenvalue weighted by molar-refractivity contribution is 9.10. The van der Waals surface area contributed by atoms with Gasteiger partial charge in [-0.1, -0.05) is 22.0 Å². The Morgan fingerprint density at radius 2 is 2.05 bits per heavy atom. The number of nitrogens with zero attached hydrogens (tertiary/aromatic N) is 1. The van der Waals surface area contributed by atoms with Gasteiger partial charge in [0.05, 0.1) is 17.1 Å². The molecule has 0 radical (unpaired) electrons. The minimum absolute atomic E-state index is 0.192. The van der Waals surface area contributed by atoms with Crippen molar-refractivity contribution < 1.29 is 18.3 Å². The molecule has 1 N–H and O–H groups in total. The molecule has 20 heavy (non-hydrogen) atoms. The van der Waals surface area contributed by atoms with Gasteiger partial charge in [-0.15, -0.1) is 0 Å². The van der Waals surface area contributed by atoms with Crippen molar-refractivity contribution in [2.45, 2.75) is 13.0 Å². The SMILES string of the molecule is O=C(O)c1ccc(CN2CCCS(=O)(=O)CC2)c(Br)c1. The molecule has 0 saturated carbocycles. The predicted molar refractivity (Wildman–Crippen MR) is 79.6 cm³/mol. The van der Waals surface area contributed by atoms with Gasteiger partial charge in [0.1, 0.15) is 0 Å². The number of carbonyl (C=O) groups is 1. The number of halogens is 1. The van der Waals surface area contributed by atoms with Crippen molar-refractivity contribution in [3.05, 3.63) is 33.8 Å². The van der Waals surface area contributed by atoms with Crippen LogP contribution in [-0.2, 0) is 16.4 Å². The molecule has 1 aromatic carbocycles. The molecule has 1 aromatic rings. The van der Waals surface area contributed by atoms with Crippen LogP contribution in [0.1, 0.15) is 22.3 Å². The van der Waals surface area contributed by atoms with Gasteiger partial charge in [-0.25, -0.2) is 13.2 Å². The van der Waals surface area contributed by atoms with Gasteiger partial charge in [0.25, 0.3) is 0 Å². The van der Waals surface area contributed by atoms with Crippen LogP contribution in [0.4, 0.5) is 0 Å². The van der Waals surface area contributed by atoms with Crippen molar-refractivity contribution in [1.82, 2.24) is 4.90 Å². The van der Waals surface area contributed by atoms with Crippen molar-refractivity contribution >= 4 is 31.7 Å². The third kappa shape index (κ3) is 4.04. The van der Waals surface area contributed by atoms with Gasteiger partial charge in [-0.3, -0.25) is 4.90 Å². The maximum atomic E-state index is 11.6. The summed E-state index contributed by atoms with van der Waals surface area (Å²) >= 11 is 3.38. The molecule has 0 atom stereocenters. The summed E-state index contributed by atoms with van der Waals surface area (Å²) in [7, 11) is -2.90. The number of sulfone groups is 1. The number of hydrogen-bond donors (Lipinski definition) is 1. The van der Waals surface area contributed by atoms with E-state index in [0.29, 0.717) is 19.5 Å². The molecule has 0 spiro atoms. The summed E-state index contributed by atoms with van der Waals surface area (Å²) < 4.78 is 23.8. The molecule has 0 aliphatic carbocycles. The van der Waals surface area contributed by atoms with Crippen molar-refractivity contribution in [1.29, 1.82) is 0 Å². The third-order valence-electron chi connectivity index (χ3n) is 3.34. The fraction of sp³-hybridized carbons (Fsp3) is 0.462. The van der Waals surface area contributed by atoms with Gasteiger partial charge >= 0.3 is 5.97 Å². The zero-order valence-corrected chi connectivity index (χ0v) is 13.3. The number of carboxylic acid groups (broad SMARTS) is 1. The van der Waals surface area contributed by atoms with Gasteiger partial charge in [-0.05, 0) is 30.7 Å². The highest BCUT2D eigenvalue weighted by Gasteiger charge is 2.19. The summed E-state index contributed by atoms with van der Waals surface area (Å²) in [5, 5.41) is 8.92. The molecular weight excluding hydrogens is 346 g/mol. The van der Waals surface area contributed by atoms with E-state index in [-0.39, 0.29) is 17.1 Å². The van der Waals surface area contributed by atoms with Gasteiger partial charge in [0.2, 0.25) is 0 Å². The van der Waals surface area contributed by atoms with Crippen LogP contribution in [0.5, 0.6) is 0 Å². The van der Waals surface area contributed by atoms with E-state index in [1.807, 2.05) is 0 Å². The van der Waals surface area contributed by atoms with E-state index in [9.17, 15) is 13.2 Å². The zero-order chi connectivity index (χ0) is 14.8. The Labute approximate surface area is 126 Å². The third-order valence-corrected chi connectivity index (χ3v) is 5.80. The first-order valence-electron chi connectivity index (χ1n) is 6.32. The van der Waals surface area contributed by atoms with Crippen molar-refractivity contribution in [3.63, 3.8) is 0 Å². The summed E-state index contributed by atoms with van der Waals surface area (Å²) in [6.07, 6.45) is 0.646. The number of aromatic carboxylic acids is 1. The van der Waals surface area contributed by atoms with Crippen LogP contribution < -0.4 is 0 Å². The van der Waals surface area contributed by atoms with Crippen molar-refractivity contribution in [2.24, 2.45) is 0 Å². The van der Waals surface area contributed by atoms with E-state index in [1.165, 1.54) is 0 Å². The van der Waals surface area contributed by atoms with E-state index >= 15 is 0 Å². The predicted octanol–water partition coefficient (Wildman–Crippen LogP) is 1.77. The molecular formula is C13H16BrNO4S. The zero-order valence-electron chi connectivity index (χ0n) is 10.9. The first kappa shape index (κ1) is 15.5. The maximum Gasteiger partial charge on any atom is 0.335 e. The van der Waals surface area contributed by atoms with Crippen LogP contribution in [-0.4, -0.2) is 49.0 Å². The molecule has 5 nitrogen and oxygen atoms in total. The standard InChI is InChI=1S/C13H16BrNO4S/c14-12-8-10(13(16)17)2-3-11(12)9-15-4-1-6-20(18,19)7-5-15/h2-3,8H,1,4-7,9H2,(H,16,17). The molecule has 110 valence electrons. The lowest BCUT2D eigenvalue weighted by molar-refractivity contribution is 0.0696. The molecule has 1 fully saturated rings. The van der Waals surface area contributed by atoms with Crippen molar-refractivity contribution in [3.8, 4) is 0 Å². The number of hydrogen-bond acceptors (Lipinski definition) is 4. The summed E-state index contributed by atoms with van der Waals surface area (Å²) in [4.78, 5) is 13.0. The van der Waals surface area contributed by atoms with Crippen LogP contribution in [0.15, 0.2) is 22.7 Å². The Morgan fingerprint density at radius 1 is 1.30 bits per heavy atom. The van der Waals surface area contributed by atoms with Gasteiger partial charge in [-0.2, -0.15) is 0 Å². The minimum atomic E-state index is -2.90. The minimum Gasteiger partial charge on any atom is -0.478 e. The fourth-order valence-corrected chi connectivity index (χ4v) is 4.01. The van der Waals surface area contributed by atoms with Crippen LogP contribution in [0.2, 0.25) is 0 Å². The normalized spacial score (nSPS) is 19.4. The van der Waals surface area contributed by atoms with E-state index in [1.54, 1.807) is 18.2 Å². The molecule has 1 aliphatic rings. The Balaban J connectivity index is 2.08. The molecule has 0 unspecified atom stereocenters. The summed E-state index contributed by atoms with van der Waals surface area (Å²) in [5.74, 6) is -0.515. The summed E-state index contributed by atoms with van der Waals surface area (Å²) in [6.45, 7) is 1.89. The lowest BCUT2D eigenvalue weighted by Gasteiger charge is -2.20. The van der Waals surface area contributed by atoms with E-state index in [4.69, 9.17) is 5.11 Å². The monoisotopic (exact) mass is 361 g/mol. The summed E-state index contributed by atoms with van der Waals surface area (Å²) in [5.41, 5.74) is 1.20. The molecule has 2 rings (SSSR count). The molecule has 1 aliphatic heterocycles. The first-order chi connectivity index (χ1) is 9.37. The van der Waals surface area contributed by atoms with Gasteiger partial charge in [0, 0.05) is 17.6 Å². The topological polar surface area (TPSA) is 74.7 Å².